The summed E-state index contributed by atoms with van der Waals surface area (Å²) in [7, 11) is 0. The molecule has 0 unspecified atom stereocenters. The van der Waals surface area contributed by atoms with Crippen LogP contribution in [0.25, 0.3) is 0 Å². The third-order valence-corrected chi connectivity index (χ3v) is 6.41. The molecule has 0 saturated carbocycles. The molecule has 4 rings (SSSR count). The van der Waals surface area contributed by atoms with Gasteiger partial charge in [-0.1, -0.05) is 47.2 Å². The van der Waals surface area contributed by atoms with Gasteiger partial charge in [0.15, 0.2) is 0 Å². The number of aryl methyl sites for hydroxylation is 1. The van der Waals surface area contributed by atoms with Crippen LogP contribution in [0.3, 0.4) is 0 Å². The van der Waals surface area contributed by atoms with Crippen LogP contribution in [-0.2, 0) is 19.3 Å². The van der Waals surface area contributed by atoms with Crippen LogP contribution < -0.4 is 10.2 Å². The molecule has 0 atom stereocenters. The third-order valence-electron chi connectivity index (χ3n) is 5.50. The molecular formula is C23H24F3N5OS. The van der Waals surface area contributed by atoms with E-state index in [0.717, 1.165) is 22.2 Å². The fourth-order valence-corrected chi connectivity index (χ4v) is 4.41. The quantitative estimate of drug-likeness (QED) is 0.581. The maximum Gasteiger partial charge on any atom is 0.416 e. The molecule has 0 bridgehead atoms. The molecule has 1 aliphatic heterocycles. The highest BCUT2D eigenvalue weighted by atomic mass is 32.1. The molecule has 2 heterocycles. The van der Waals surface area contributed by atoms with E-state index in [1.165, 1.54) is 23.5 Å². The Morgan fingerprint density at radius 3 is 2.48 bits per heavy atom. The van der Waals surface area contributed by atoms with Gasteiger partial charge in [0.1, 0.15) is 5.01 Å². The molecule has 0 spiro atoms. The van der Waals surface area contributed by atoms with Crippen LogP contribution in [0.15, 0.2) is 48.5 Å². The molecule has 33 heavy (non-hydrogen) atoms. The Bertz CT molecular complexity index is 1090. The van der Waals surface area contributed by atoms with Gasteiger partial charge >= 0.3 is 6.18 Å². The first-order valence-corrected chi connectivity index (χ1v) is 11.4. The Balaban J connectivity index is 1.27. The lowest BCUT2D eigenvalue weighted by molar-refractivity contribution is -0.137. The van der Waals surface area contributed by atoms with Gasteiger partial charge in [0.05, 0.1) is 12.1 Å². The van der Waals surface area contributed by atoms with Crippen molar-refractivity contribution in [2.45, 2.75) is 26.2 Å². The van der Waals surface area contributed by atoms with E-state index in [2.05, 4.69) is 20.4 Å². The van der Waals surface area contributed by atoms with Crippen molar-refractivity contribution in [3.05, 3.63) is 75.2 Å². The van der Waals surface area contributed by atoms with Gasteiger partial charge in [-0.15, -0.1) is 10.2 Å². The summed E-state index contributed by atoms with van der Waals surface area (Å²) in [5.41, 5.74) is 2.12. The van der Waals surface area contributed by atoms with E-state index in [4.69, 9.17) is 0 Å². The molecule has 1 aliphatic rings. The van der Waals surface area contributed by atoms with Crippen molar-refractivity contribution < 1.29 is 18.0 Å². The standard InChI is InChI=1S/C23H24F3N5OS/c1-16-5-7-17(8-6-16)14-27-21(32)22-29-28-20(33-22)15-30-9-11-31(12-10-30)19-4-2-3-18(13-19)23(24,25)26/h2-8,13H,9-12,14-15H2,1H3,(H,27,32). The topological polar surface area (TPSA) is 61.4 Å². The number of carbonyl (C=O) groups is 1. The van der Waals surface area contributed by atoms with Crippen LogP contribution in [0.5, 0.6) is 0 Å². The first-order chi connectivity index (χ1) is 15.8. The van der Waals surface area contributed by atoms with E-state index in [1.54, 1.807) is 6.07 Å². The van der Waals surface area contributed by atoms with Crippen molar-refractivity contribution in [2.75, 3.05) is 31.1 Å². The smallest absolute Gasteiger partial charge is 0.369 e. The summed E-state index contributed by atoms with van der Waals surface area (Å²) in [6.45, 7) is 5.59. The Labute approximate surface area is 194 Å². The molecule has 1 saturated heterocycles. The zero-order valence-electron chi connectivity index (χ0n) is 18.1. The third kappa shape index (κ3) is 6.08. The highest BCUT2D eigenvalue weighted by Gasteiger charge is 2.31. The molecule has 2 aromatic carbocycles. The van der Waals surface area contributed by atoms with Crippen molar-refractivity contribution in [3.63, 3.8) is 0 Å². The van der Waals surface area contributed by atoms with Gasteiger partial charge < -0.3 is 10.2 Å². The first kappa shape index (κ1) is 23.2. The minimum absolute atomic E-state index is 0.256. The molecule has 1 fully saturated rings. The summed E-state index contributed by atoms with van der Waals surface area (Å²) in [5.74, 6) is -0.256. The maximum atomic E-state index is 13.0. The number of halogens is 3. The average molecular weight is 476 g/mol. The number of piperazine rings is 1. The predicted molar refractivity (Wildman–Crippen MR) is 121 cm³/mol. The summed E-state index contributed by atoms with van der Waals surface area (Å²) >= 11 is 1.26. The molecule has 1 amide bonds. The summed E-state index contributed by atoms with van der Waals surface area (Å²) in [6, 6.07) is 13.4. The average Bonchev–Trinajstić information content (AvgIpc) is 3.27. The van der Waals surface area contributed by atoms with Gasteiger partial charge in [0.25, 0.3) is 5.91 Å². The first-order valence-electron chi connectivity index (χ1n) is 10.6. The number of amides is 1. The maximum absolute atomic E-state index is 13.0. The van der Waals surface area contributed by atoms with Gasteiger partial charge in [0, 0.05) is 38.4 Å². The van der Waals surface area contributed by atoms with E-state index < -0.39 is 11.7 Å². The Kier molecular flexibility index (Phi) is 6.94. The lowest BCUT2D eigenvalue weighted by Crippen LogP contribution is -2.46. The fourth-order valence-electron chi connectivity index (χ4n) is 3.61. The van der Waals surface area contributed by atoms with Crippen molar-refractivity contribution in [1.82, 2.24) is 20.4 Å². The lowest BCUT2D eigenvalue weighted by Gasteiger charge is -2.35. The highest BCUT2D eigenvalue weighted by molar-refractivity contribution is 7.13. The number of anilines is 1. The zero-order valence-corrected chi connectivity index (χ0v) is 18.9. The summed E-state index contributed by atoms with van der Waals surface area (Å²) in [6.07, 6.45) is -4.35. The molecule has 3 aromatic rings. The molecule has 0 radical (unpaired) electrons. The predicted octanol–water partition coefficient (Wildman–Crippen LogP) is 4.12. The van der Waals surface area contributed by atoms with Crippen LogP contribution in [0, 0.1) is 6.92 Å². The minimum Gasteiger partial charge on any atom is -0.369 e. The van der Waals surface area contributed by atoms with Crippen LogP contribution in [0.1, 0.15) is 31.5 Å². The number of nitrogens with zero attached hydrogens (tertiary/aromatic N) is 4. The van der Waals surface area contributed by atoms with Gasteiger partial charge in [0.2, 0.25) is 5.01 Å². The van der Waals surface area contributed by atoms with Crippen molar-refractivity contribution >= 4 is 22.9 Å². The zero-order chi connectivity index (χ0) is 23.4. The second-order valence-corrected chi connectivity index (χ2v) is 9.04. The summed E-state index contributed by atoms with van der Waals surface area (Å²) in [5, 5.41) is 12.1. The van der Waals surface area contributed by atoms with Gasteiger partial charge in [-0.3, -0.25) is 9.69 Å². The minimum atomic E-state index is -4.35. The monoisotopic (exact) mass is 475 g/mol. The van der Waals surface area contributed by atoms with Gasteiger partial charge in [-0.05, 0) is 30.7 Å². The lowest BCUT2D eigenvalue weighted by atomic mass is 10.1. The number of aromatic nitrogens is 2. The molecule has 174 valence electrons. The fraction of sp³-hybridized carbons (Fsp3) is 0.348. The largest absolute Gasteiger partial charge is 0.416 e. The highest BCUT2D eigenvalue weighted by Crippen LogP contribution is 2.32. The molecule has 0 aliphatic carbocycles. The number of hydrogen-bond donors (Lipinski definition) is 1. The number of rotatable bonds is 6. The molecule has 6 nitrogen and oxygen atoms in total. The van der Waals surface area contributed by atoms with E-state index >= 15 is 0 Å². The molecular weight excluding hydrogens is 451 g/mol. The molecule has 1 N–H and O–H groups in total. The number of hydrogen-bond acceptors (Lipinski definition) is 6. The molecule has 10 heteroatoms. The second kappa shape index (κ2) is 9.88. The normalized spacial score (nSPS) is 15.0. The van der Waals surface area contributed by atoms with Crippen LogP contribution in [-0.4, -0.2) is 47.2 Å². The number of carbonyl (C=O) groups excluding carboxylic acids is 1. The molecule has 1 aromatic heterocycles. The summed E-state index contributed by atoms with van der Waals surface area (Å²) in [4.78, 5) is 16.5. The van der Waals surface area contributed by atoms with Gasteiger partial charge in [-0.2, -0.15) is 13.2 Å². The Hall–Kier alpha value is -2.98. The van der Waals surface area contributed by atoms with E-state index in [0.29, 0.717) is 50.0 Å². The van der Waals surface area contributed by atoms with E-state index in [9.17, 15) is 18.0 Å². The van der Waals surface area contributed by atoms with Crippen LogP contribution in [0.2, 0.25) is 0 Å². The number of alkyl halides is 3. The second-order valence-electron chi connectivity index (χ2n) is 7.98. The van der Waals surface area contributed by atoms with E-state index in [-0.39, 0.29) is 5.91 Å². The Morgan fingerprint density at radius 2 is 1.79 bits per heavy atom. The van der Waals surface area contributed by atoms with Crippen molar-refractivity contribution in [3.8, 4) is 0 Å². The van der Waals surface area contributed by atoms with E-state index in [1.807, 2.05) is 36.1 Å². The van der Waals surface area contributed by atoms with Crippen molar-refractivity contribution in [2.24, 2.45) is 0 Å². The number of benzene rings is 2. The van der Waals surface area contributed by atoms with Crippen molar-refractivity contribution in [1.29, 1.82) is 0 Å². The van der Waals surface area contributed by atoms with Crippen LogP contribution >= 0.6 is 11.3 Å². The Morgan fingerprint density at radius 1 is 1.06 bits per heavy atom. The number of nitrogens with one attached hydrogen (secondary N) is 1. The SMILES string of the molecule is Cc1ccc(CNC(=O)c2nnc(CN3CCN(c4cccc(C(F)(F)F)c4)CC3)s2)cc1. The van der Waals surface area contributed by atoms with Crippen LogP contribution in [0.4, 0.5) is 18.9 Å². The van der Waals surface area contributed by atoms with Gasteiger partial charge in [-0.25, -0.2) is 0 Å². The summed E-state index contributed by atoms with van der Waals surface area (Å²) < 4.78 is 38.9.